The number of carbonyl (C=O) groups is 3. The van der Waals surface area contributed by atoms with E-state index in [0.717, 1.165) is 70.6 Å². The first-order valence-corrected chi connectivity index (χ1v) is 34.0. The summed E-state index contributed by atoms with van der Waals surface area (Å²) in [5, 5.41) is 0. The van der Waals surface area contributed by atoms with E-state index in [1.54, 1.807) is 0 Å². The van der Waals surface area contributed by atoms with Gasteiger partial charge in [0.15, 0.2) is 6.10 Å². The molecule has 0 heterocycles. The molecule has 0 amide bonds. The van der Waals surface area contributed by atoms with E-state index in [9.17, 15) is 14.4 Å². The first-order chi connectivity index (χ1) is 37.5. The average molecular weight is 1070 g/mol. The standard InChI is InChI=1S/C70H130O6/c1-4-7-10-13-16-19-21-23-25-27-29-31-32-33-34-35-36-37-38-39-41-42-44-46-48-51-54-57-60-63-69(72)75-66-67(65-74-68(71)62-59-56-53-50-18-15-12-9-6-3)76-70(73)64-61-58-55-52-49-47-45-43-40-30-28-26-24-22-20-17-14-11-8-5-2/h21,23,27,29,32-33,67H,4-20,22,24-26,28,30-31,34-66H2,1-3H3/b23-21-,29-27-,33-32-. The summed E-state index contributed by atoms with van der Waals surface area (Å²) < 4.78 is 16.9. The van der Waals surface area contributed by atoms with Gasteiger partial charge >= 0.3 is 17.9 Å². The van der Waals surface area contributed by atoms with Gasteiger partial charge in [-0.15, -0.1) is 0 Å². The zero-order valence-electron chi connectivity index (χ0n) is 51.3. The van der Waals surface area contributed by atoms with Crippen LogP contribution in [0.5, 0.6) is 0 Å². The van der Waals surface area contributed by atoms with Crippen LogP contribution in [0.1, 0.15) is 374 Å². The molecule has 6 heteroatoms. The Morgan fingerprint density at radius 1 is 0.263 bits per heavy atom. The van der Waals surface area contributed by atoms with Crippen LogP contribution in [0.2, 0.25) is 0 Å². The molecule has 0 aliphatic rings. The van der Waals surface area contributed by atoms with Crippen molar-refractivity contribution < 1.29 is 28.6 Å². The number of carbonyl (C=O) groups excluding carboxylic acids is 3. The number of rotatable bonds is 63. The minimum Gasteiger partial charge on any atom is -0.462 e. The maximum absolute atomic E-state index is 12.9. The maximum Gasteiger partial charge on any atom is 0.306 e. The monoisotopic (exact) mass is 1070 g/mol. The number of ether oxygens (including phenoxy) is 3. The van der Waals surface area contributed by atoms with Gasteiger partial charge in [-0.1, -0.05) is 333 Å². The first kappa shape index (κ1) is 73.6. The van der Waals surface area contributed by atoms with Crippen LogP contribution in [-0.4, -0.2) is 37.2 Å². The van der Waals surface area contributed by atoms with Crippen molar-refractivity contribution in [2.24, 2.45) is 0 Å². The van der Waals surface area contributed by atoms with E-state index < -0.39 is 6.10 Å². The molecule has 0 aliphatic carbocycles. The first-order valence-electron chi connectivity index (χ1n) is 34.0. The van der Waals surface area contributed by atoms with Crippen molar-refractivity contribution >= 4 is 17.9 Å². The van der Waals surface area contributed by atoms with Crippen LogP contribution in [0.4, 0.5) is 0 Å². The van der Waals surface area contributed by atoms with Crippen molar-refractivity contribution in [3.05, 3.63) is 36.5 Å². The highest BCUT2D eigenvalue weighted by atomic mass is 16.6. The zero-order valence-corrected chi connectivity index (χ0v) is 51.3. The molecule has 0 bridgehead atoms. The predicted molar refractivity (Wildman–Crippen MR) is 330 cm³/mol. The minimum atomic E-state index is -0.767. The van der Waals surface area contributed by atoms with E-state index in [1.165, 1.54) is 263 Å². The van der Waals surface area contributed by atoms with Crippen LogP contribution in [0, 0.1) is 0 Å². The molecule has 0 aromatic rings. The highest BCUT2D eigenvalue weighted by molar-refractivity contribution is 5.71. The molecule has 0 aromatic carbocycles. The SMILES string of the molecule is CCCCCCC/C=C\C/C=C\C/C=C\CCCCCCCCCCCCCCCCC(=O)OCC(COC(=O)CCCCCCCCCCC)OC(=O)CCCCCCCCCCCCCCCCCCCCCC. The molecule has 0 saturated heterocycles. The van der Waals surface area contributed by atoms with E-state index in [-0.39, 0.29) is 31.1 Å². The molecule has 0 aliphatic heterocycles. The van der Waals surface area contributed by atoms with Crippen molar-refractivity contribution in [3.8, 4) is 0 Å². The maximum atomic E-state index is 12.9. The van der Waals surface area contributed by atoms with E-state index in [1.807, 2.05) is 0 Å². The lowest BCUT2D eigenvalue weighted by Crippen LogP contribution is -2.30. The van der Waals surface area contributed by atoms with Crippen molar-refractivity contribution in [1.82, 2.24) is 0 Å². The lowest BCUT2D eigenvalue weighted by atomic mass is 10.0. The van der Waals surface area contributed by atoms with Crippen molar-refractivity contribution in [3.63, 3.8) is 0 Å². The second kappa shape index (κ2) is 65.2. The fraction of sp³-hybridized carbons (Fsp3) is 0.871. The molecule has 0 rings (SSSR count). The van der Waals surface area contributed by atoms with Crippen LogP contribution in [-0.2, 0) is 28.6 Å². The Kier molecular flexibility index (Phi) is 63.1. The van der Waals surface area contributed by atoms with Crippen molar-refractivity contribution in [2.45, 2.75) is 380 Å². The third-order valence-corrected chi connectivity index (χ3v) is 15.4. The molecule has 0 spiro atoms. The number of hydrogen-bond donors (Lipinski definition) is 0. The summed E-state index contributed by atoms with van der Waals surface area (Å²) in [6.45, 7) is 6.67. The van der Waals surface area contributed by atoms with Gasteiger partial charge in [0.1, 0.15) is 13.2 Å². The summed E-state index contributed by atoms with van der Waals surface area (Å²) >= 11 is 0. The number of allylic oxidation sites excluding steroid dienone is 6. The quantitative estimate of drug-likeness (QED) is 0.0261. The van der Waals surface area contributed by atoms with E-state index in [2.05, 4.69) is 57.2 Å². The van der Waals surface area contributed by atoms with Crippen LogP contribution >= 0.6 is 0 Å². The summed E-state index contributed by atoms with van der Waals surface area (Å²) in [6, 6.07) is 0. The van der Waals surface area contributed by atoms with Crippen LogP contribution < -0.4 is 0 Å². The lowest BCUT2D eigenvalue weighted by Gasteiger charge is -2.18. The highest BCUT2D eigenvalue weighted by Gasteiger charge is 2.19. The third-order valence-electron chi connectivity index (χ3n) is 15.4. The van der Waals surface area contributed by atoms with Crippen molar-refractivity contribution in [1.29, 1.82) is 0 Å². The molecule has 0 aromatic heterocycles. The second-order valence-corrected chi connectivity index (χ2v) is 23.1. The molecular formula is C70H130O6. The summed E-state index contributed by atoms with van der Waals surface area (Å²) in [6.07, 6.45) is 80.4. The summed E-state index contributed by atoms with van der Waals surface area (Å²) in [7, 11) is 0. The smallest absolute Gasteiger partial charge is 0.306 e. The van der Waals surface area contributed by atoms with Gasteiger partial charge in [0, 0.05) is 19.3 Å². The fourth-order valence-electron chi connectivity index (χ4n) is 10.3. The Bertz CT molecular complexity index is 1270. The second-order valence-electron chi connectivity index (χ2n) is 23.1. The Morgan fingerprint density at radius 2 is 0.474 bits per heavy atom. The summed E-state index contributed by atoms with van der Waals surface area (Å²) in [5.74, 6) is -0.843. The van der Waals surface area contributed by atoms with Gasteiger partial charge in [-0.2, -0.15) is 0 Å². The van der Waals surface area contributed by atoms with Gasteiger partial charge in [-0.3, -0.25) is 14.4 Å². The highest BCUT2D eigenvalue weighted by Crippen LogP contribution is 2.18. The van der Waals surface area contributed by atoms with E-state index >= 15 is 0 Å². The van der Waals surface area contributed by atoms with Gasteiger partial charge in [0.05, 0.1) is 0 Å². The van der Waals surface area contributed by atoms with E-state index in [0.29, 0.717) is 19.3 Å². The fourth-order valence-corrected chi connectivity index (χ4v) is 10.3. The molecule has 0 radical (unpaired) electrons. The Balaban J connectivity index is 4.11. The van der Waals surface area contributed by atoms with Crippen molar-refractivity contribution in [2.75, 3.05) is 13.2 Å². The minimum absolute atomic E-state index is 0.0661. The average Bonchev–Trinajstić information content (AvgIpc) is 3.42. The number of esters is 3. The normalized spacial score (nSPS) is 12.2. The summed E-state index contributed by atoms with van der Waals surface area (Å²) in [5.41, 5.74) is 0. The molecule has 76 heavy (non-hydrogen) atoms. The number of unbranched alkanes of at least 4 members (excludes halogenated alkanes) is 46. The van der Waals surface area contributed by atoms with Gasteiger partial charge in [-0.25, -0.2) is 0 Å². The van der Waals surface area contributed by atoms with Crippen LogP contribution in [0.3, 0.4) is 0 Å². The molecule has 0 saturated carbocycles. The number of hydrogen-bond acceptors (Lipinski definition) is 6. The lowest BCUT2D eigenvalue weighted by molar-refractivity contribution is -0.167. The van der Waals surface area contributed by atoms with Crippen LogP contribution in [0.25, 0.3) is 0 Å². The molecule has 0 fully saturated rings. The van der Waals surface area contributed by atoms with Gasteiger partial charge < -0.3 is 14.2 Å². The molecule has 6 nitrogen and oxygen atoms in total. The third kappa shape index (κ3) is 62.5. The molecule has 0 N–H and O–H groups in total. The Labute approximate surface area is 474 Å². The summed E-state index contributed by atoms with van der Waals surface area (Å²) in [4.78, 5) is 38.2. The molecular weight excluding hydrogens is 937 g/mol. The molecule has 1 unspecified atom stereocenters. The van der Waals surface area contributed by atoms with Gasteiger partial charge in [-0.05, 0) is 57.8 Å². The largest absolute Gasteiger partial charge is 0.462 e. The molecule has 446 valence electrons. The van der Waals surface area contributed by atoms with E-state index in [4.69, 9.17) is 14.2 Å². The molecule has 1 atom stereocenters. The zero-order chi connectivity index (χ0) is 55.0. The van der Waals surface area contributed by atoms with Gasteiger partial charge in [0.25, 0.3) is 0 Å². The Morgan fingerprint density at radius 3 is 0.737 bits per heavy atom. The van der Waals surface area contributed by atoms with Crippen LogP contribution in [0.15, 0.2) is 36.5 Å². The Hall–Kier alpha value is -2.37. The predicted octanol–water partition coefficient (Wildman–Crippen LogP) is 23.2. The topological polar surface area (TPSA) is 78.9 Å². The van der Waals surface area contributed by atoms with Gasteiger partial charge in [0.2, 0.25) is 0 Å².